The number of carbonyl (C=O) groups is 2. The fourth-order valence-corrected chi connectivity index (χ4v) is 7.89. The van der Waals surface area contributed by atoms with Crippen LogP contribution in [-0.4, -0.2) is 24.3 Å². The maximum atomic E-state index is 15.1. The molecule has 40 heavy (non-hydrogen) atoms. The summed E-state index contributed by atoms with van der Waals surface area (Å²) in [6.07, 6.45) is 3.33. The van der Waals surface area contributed by atoms with E-state index in [1.165, 1.54) is 0 Å². The number of rotatable bonds is 13. The molecule has 5 nitrogen and oxygen atoms in total. The smallest absolute Gasteiger partial charge is 0.248 e. The average molecular weight is 559 g/mol. The molecule has 3 aromatic carbocycles. The maximum Gasteiger partial charge on any atom is 0.248 e. The van der Waals surface area contributed by atoms with Crippen molar-refractivity contribution >= 4 is 23.5 Å². The molecule has 0 atom stereocenters. The molecule has 0 aliphatic rings. The van der Waals surface area contributed by atoms with Gasteiger partial charge in [-0.2, -0.15) is 0 Å². The highest BCUT2D eigenvalue weighted by atomic mass is 31.2. The van der Waals surface area contributed by atoms with Crippen LogP contribution in [0.3, 0.4) is 0 Å². The zero-order chi connectivity index (χ0) is 29.6. The van der Waals surface area contributed by atoms with Crippen molar-refractivity contribution < 1.29 is 23.6 Å². The van der Waals surface area contributed by atoms with Crippen LogP contribution in [0.5, 0.6) is 0 Å². The van der Waals surface area contributed by atoms with Crippen LogP contribution in [0.15, 0.2) is 67.8 Å². The van der Waals surface area contributed by atoms with Gasteiger partial charge >= 0.3 is 0 Å². The second kappa shape index (κ2) is 13.3. The molecule has 3 rings (SSSR count). The quantitative estimate of drug-likeness (QED) is 0.123. The molecule has 6 heteroatoms. The van der Waals surface area contributed by atoms with Gasteiger partial charge in [0.15, 0.2) is 0 Å². The van der Waals surface area contributed by atoms with Gasteiger partial charge in [0.1, 0.15) is 0 Å². The largest absolute Gasteiger partial charge is 0.373 e. The van der Waals surface area contributed by atoms with Crippen LogP contribution in [0.1, 0.15) is 65.2 Å². The molecule has 3 aromatic rings. The minimum atomic E-state index is -4.33. The van der Waals surface area contributed by atoms with Crippen molar-refractivity contribution in [2.45, 2.75) is 54.8 Å². The predicted molar refractivity (Wildman–Crippen MR) is 163 cm³/mol. The molecule has 210 valence electrons. The van der Waals surface area contributed by atoms with E-state index in [1.807, 2.05) is 53.7 Å². The SMILES string of the molecule is C=CCOCc1c(C)cc(C)c(C(=O)P(=O)(C(=O)c2c(C)cc(C)c(COCC=C)c2C)c2ccccc2)c1C. The summed E-state index contributed by atoms with van der Waals surface area (Å²) in [5.41, 5.74) is 5.59. The Hall–Kier alpha value is -3.37. The summed E-state index contributed by atoms with van der Waals surface area (Å²) >= 11 is 0. The minimum absolute atomic E-state index is 0.220. The van der Waals surface area contributed by atoms with E-state index in [-0.39, 0.29) is 18.5 Å². The summed E-state index contributed by atoms with van der Waals surface area (Å²) in [5.74, 6) is 0. The lowest BCUT2D eigenvalue weighted by molar-refractivity contribution is 0.103. The van der Waals surface area contributed by atoms with Crippen molar-refractivity contribution in [3.63, 3.8) is 0 Å². The number of hydrogen-bond donors (Lipinski definition) is 0. The van der Waals surface area contributed by atoms with E-state index in [0.29, 0.717) is 46.6 Å². The van der Waals surface area contributed by atoms with Crippen LogP contribution in [0.25, 0.3) is 0 Å². The van der Waals surface area contributed by atoms with Gasteiger partial charge in [0.05, 0.1) is 26.4 Å². The normalized spacial score (nSPS) is 11.3. The monoisotopic (exact) mass is 558 g/mol. The van der Waals surface area contributed by atoms with Gasteiger partial charge in [-0.05, 0) is 86.1 Å². The highest BCUT2D eigenvalue weighted by Gasteiger charge is 2.45. The van der Waals surface area contributed by atoms with Gasteiger partial charge in [0, 0.05) is 16.4 Å². The van der Waals surface area contributed by atoms with Crippen LogP contribution in [-0.2, 0) is 27.3 Å². The Morgan fingerprint density at radius 1 is 0.700 bits per heavy atom. The molecule has 0 aliphatic heterocycles. The van der Waals surface area contributed by atoms with Crippen LogP contribution in [0.2, 0.25) is 0 Å². The molecule has 0 N–H and O–H groups in total. The van der Waals surface area contributed by atoms with E-state index in [9.17, 15) is 9.59 Å². The number of carbonyl (C=O) groups excluding carboxylic acids is 2. The molecule has 0 spiro atoms. The van der Waals surface area contributed by atoms with E-state index in [4.69, 9.17) is 9.47 Å². The summed E-state index contributed by atoms with van der Waals surface area (Å²) in [7, 11) is -4.33. The van der Waals surface area contributed by atoms with Gasteiger partial charge in [0.25, 0.3) is 0 Å². The highest BCUT2D eigenvalue weighted by molar-refractivity contribution is 8.01. The summed E-state index contributed by atoms with van der Waals surface area (Å²) < 4.78 is 26.6. The zero-order valence-electron chi connectivity index (χ0n) is 24.4. The van der Waals surface area contributed by atoms with Crippen molar-refractivity contribution in [2.24, 2.45) is 0 Å². The molecule has 0 fully saturated rings. The third kappa shape index (κ3) is 6.02. The lowest BCUT2D eigenvalue weighted by Crippen LogP contribution is -2.24. The molecular formula is C34H39O5P. The Bertz CT molecular complexity index is 1410. The highest BCUT2D eigenvalue weighted by Crippen LogP contribution is 2.53. The van der Waals surface area contributed by atoms with Crippen molar-refractivity contribution in [3.05, 3.63) is 123 Å². The Labute approximate surface area is 238 Å². The fraction of sp³-hybridized carbons (Fsp3) is 0.294. The molecule has 0 aromatic heterocycles. The van der Waals surface area contributed by atoms with Gasteiger partial charge in [-0.25, -0.2) is 0 Å². The fourth-order valence-electron chi connectivity index (χ4n) is 5.32. The van der Waals surface area contributed by atoms with Gasteiger partial charge in [-0.3, -0.25) is 9.59 Å². The van der Waals surface area contributed by atoms with E-state index < -0.39 is 18.2 Å². The van der Waals surface area contributed by atoms with Gasteiger partial charge < -0.3 is 14.0 Å². The molecule has 0 unspecified atom stereocenters. The summed E-state index contributed by atoms with van der Waals surface area (Å²) in [6.45, 7) is 19.9. The second-order valence-electron chi connectivity index (χ2n) is 10.1. The number of hydrogen-bond acceptors (Lipinski definition) is 5. The molecule has 0 heterocycles. The Balaban J connectivity index is 2.27. The van der Waals surface area contributed by atoms with Crippen molar-refractivity contribution in [1.82, 2.24) is 0 Å². The van der Waals surface area contributed by atoms with E-state index in [1.54, 1.807) is 42.5 Å². The average Bonchev–Trinajstić information content (AvgIpc) is 2.92. The molecule has 0 bridgehead atoms. The minimum Gasteiger partial charge on any atom is -0.373 e. The van der Waals surface area contributed by atoms with Crippen molar-refractivity contribution in [2.75, 3.05) is 13.2 Å². The van der Waals surface area contributed by atoms with Crippen LogP contribution >= 0.6 is 7.14 Å². The first-order chi connectivity index (χ1) is 19.0. The Morgan fingerprint density at radius 2 is 1.10 bits per heavy atom. The first kappa shape index (κ1) is 31.2. The van der Waals surface area contributed by atoms with Crippen LogP contribution < -0.4 is 5.30 Å². The summed E-state index contributed by atoms with van der Waals surface area (Å²) in [4.78, 5) is 29.1. The lowest BCUT2D eigenvalue weighted by atomic mass is 9.94. The number of benzene rings is 3. The molecule has 0 aliphatic carbocycles. The zero-order valence-corrected chi connectivity index (χ0v) is 25.3. The molecule has 0 saturated heterocycles. The molecule has 0 amide bonds. The van der Waals surface area contributed by atoms with Gasteiger partial charge in [-0.1, -0.05) is 54.6 Å². The number of aryl methyl sites for hydroxylation is 4. The molecular weight excluding hydrogens is 519 g/mol. The topological polar surface area (TPSA) is 69.7 Å². The van der Waals surface area contributed by atoms with Crippen molar-refractivity contribution in [1.29, 1.82) is 0 Å². The third-order valence-electron chi connectivity index (χ3n) is 7.35. The molecule has 0 saturated carbocycles. The Morgan fingerprint density at radius 3 is 1.48 bits per heavy atom. The first-order valence-corrected chi connectivity index (χ1v) is 15.0. The van der Waals surface area contributed by atoms with Gasteiger partial charge in [-0.15, -0.1) is 13.2 Å². The van der Waals surface area contributed by atoms with E-state index >= 15 is 4.57 Å². The van der Waals surface area contributed by atoms with Crippen LogP contribution in [0, 0.1) is 41.5 Å². The number of ether oxygens (including phenoxy) is 2. The van der Waals surface area contributed by atoms with Gasteiger partial charge in [0.2, 0.25) is 18.2 Å². The Kier molecular flexibility index (Phi) is 10.4. The second-order valence-corrected chi connectivity index (χ2v) is 12.7. The van der Waals surface area contributed by atoms with Crippen LogP contribution in [0.4, 0.5) is 0 Å². The first-order valence-electron chi connectivity index (χ1n) is 13.3. The summed E-state index contributed by atoms with van der Waals surface area (Å²) in [5, 5.41) is 0.220. The molecule has 0 radical (unpaired) electrons. The predicted octanol–water partition coefficient (Wildman–Crippen LogP) is 7.61. The maximum absolute atomic E-state index is 15.1. The summed E-state index contributed by atoms with van der Waals surface area (Å²) in [6, 6.07) is 12.2. The standard InChI is InChI=1S/C34H39O5P/c1-9-16-38-20-29-22(3)18-24(5)31(26(29)7)33(35)40(37,28-14-12-11-13-15-28)34(36)32-25(6)19-23(4)30(27(32)8)21-39-17-10-2/h9-15,18-19H,1-2,16-17,20-21H2,3-8H3. The third-order valence-corrected chi connectivity index (χ3v) is 9.96. The van der Waals surface area contributed by atoms with Crippen molar-refractivity contribution in [3.8, 4) is 0 Å². The van der Waals surface area contributed by atoms with E-state index in [0.717, 1.165) is 22.3 Å². The van der Waals surface area contributed by atoms with E-state index in [2.05, 4.69) is 13.2 Å². The lowest BCUT2D eigenvalue weighted by Gasteiger charge is -2.24.